The molecule has 1 saturated heterocycles. The zero-order valence-electron chi connectivity index (χ0n) is 15.4. The summed E-state index contributed by atoms with van der Waals surface area (Å²) in [6.07, 6.45) is 4.46. The van der Waals surface area contributed by atoms with Gasteiger partial charge in [0.25, 0.3) is 10.0 Å². The lowest BCUT2D eigenvalue weighted by atomic mass is 10.0. The zero-order valence-corrected chi connectivity index (χ0v) is 16.9. The van der Waals surface area contributed by atoms with Gasteiger partial charge in [-0.25, -0.2) is 13.4 Å². The lowest BCUT2D eigenvalue weighted by molar-refractivity contribution is -0.116. The monoisotopic (exact) mass is 410 g/mol. The average molecular weight is 411 g/mol. The number of rotatable bonds is 5. The SMILES string of the molecule is Cc1ccc(Cl)cc1NC(=O)Cn1cnc(S(=O)(=O)N2CCC(C)CC2)c1. The molecular formula is C18H23ClN4O3S. The molecule has 2 heterocycles. The van der Waals surface area contributed by atoms with Gasteiger partial charge in [-0.05, 0) is 43.4 Å². The largest absolute Gasteiger partial charge is 0.327 e. The van der Waals surface area contributed by atoms with Crippen LogP contribution in [0.4, 0.5) is 5.69 Å². The molecule has 0 unspecified atom stereocenters. The quantitative estimate of drug-likeness (QED) is 0.821. The minimum atomic E-state index is -3.62. The fourth-order valence-electron chi connectivity index (χ4n) is 3.00. The molecule has 1 amide bonds. The number of piperidine rings is 1. The van der Waals surface area contributed by atoms with Crippen molar-refractivity contribution in [1.82, 2.24) is 13.9 Å². The summed E-state index contributed by atoms with van der Waals surface area (Å²) in [6, 6.07) is 5.25. The van der Waals surface area contributed by atoms with Gasteiger partial charge >= 0.3 is 0 Å². The molecule has 7 nitrogen and oxygen atoms in total. The van der Waals surface area contributed by atoms with Gasteiger partial charge in [-0.1, -0.05) is 24.6 Å². The zero-order chi connectivity index (χ0) is 19.6. The van der Waals surface area contributed by atoms with Crippen molar-refractivity contribution in [2.24, 2.45) is 5.92 Å². The van der Waals surface area contributed by atoms with Crippen LogP contribution in [-0.2, 0) is 21.4 Å². The maximum Gasteiger partial charge on any atom is 0.262 e. The molecule has 27 heavy (non-hydrogen) atoms. The highest BCUT2D eigenvalue weighted by molar-refractivity contribution is 7.89. The summed E-state index contributed by atoms with van der Waals surface area (Å²) < 4.78 is 28.3. The van der Waals surface area contributed by atoms with E-state index in [1.807, 2.05) is 13.0 Å². The Morgan fingerprint density at radius 2 is 2.04 bits per heavy atom. The first-order valence-electron chi connectivity index (χ1n) is 8.83. The number of nitrogens with one attached hydrogen (secondary N) is 1. The van der Waals surface area contributed by atoms with Crippen LogP contribution in [0, 0.1) is 12.8 Å². The number of hydrogen-bond acceptors (Lipinski definition) is 4. The Labute approximate surface area is 164 Å². The summed E-state index contributed by atoms with van der Waals surface area (Å²) >= 11 is 5.96. The summed E-state index contributed by atoms with van der Waals surface area (Å²) in [5, 5.41) is 3.29. The molecule has 2 aromatic rings. The second kappa shape index (κ2) is 8.00. The number of nitrogens with zero attached hydrogens (tertiary/aromatic N) is 3. The van der Waals surface area contributed by atoms with E-state index >= 15 is 0 Å². The number of sulfonamides is 1. The van der Waals surface area contributed by atoms with Crippen LogP contribution in [-0.4, -0.2) is 41.3 Å². The molecule has 0 radical (unpaired) electrons. The molecule has 1 aromatic carbocycles. The molecule has 0 bridgehead atoms. The lowest BCUT2D eigenvalue weighted by Crippen LogP contribution is -2.38. The standard InChI is InChI=1S/C18H23ClN4O3S/c1-13-5-7-23(8-6-13)27(25,26)18-11-22(12-20-18)10-17(24)21-16-9-15(19)4-3-14(16)2/h3-4,9,11-13H,5-8,10H2,1-2H3,(H,21,24). The molecule has 0 atom stereocenters. The predicted molar refractivity (Wildman–Crippen MR) is 104 cm³/mol. The van der Waals surface area contributed by atoms with Gasteiger partial charge in [-0.15, -0.1) is 0 Å². The van der Waals surface area contributed by atoms with E-state index < -0.39 is 10.0 Å². The van der Waals surface area contributed by atoms with Crippen LogP contribution in [0.3, 0.4) is 0 Å². The van der Waals surface area contributed by atoms with Crippen LogP contribution in [0.25, 0.3) is 0 Å². The maximum absolute atomic E-state index is 12.7. The number of aryl methyl sites for hydroxylation is 1. The van der Waals surface area contributed by atoms with Crippen LogP contribution in [0.1, 0.15) is 25.3 Å². The number of carbonyl (C=O) groups is 1. The number of imidazole rings is 1. The van der Waals surface area contributed by atoms with Crippen molar-refractivity contribution in [3.63, 3.8) is 0 Å². The second-order valence-corrected chi connectivity index (χ2v) is 9.30. The van der Waals surface area contributed by atoms with E-state index in [1.54, 1.807) is 12.1 Å². The fourth-order valence-corrected chi connectivity index (χ4v) is 4.58. The Hall–Kier alpha value is -1.90. The summed E-state index contributed by atoms with van der Waals surface area (Å²) in [5.41, 5.74) is 1.52. The summed E-state index contributed by atoms with van der Waals surface area (Å²) in [4.78, 5) is 16.3. The number of amides is 1. The van der Waals surface area contributed by atoms with E-state index in [9.17, 15) is 13.2 Å². The van der Waals surface area contributed by atoms with Crippen LogP contribution < -0.4 is 5.32 Å². The molecule has 1 aromatic heterocycles. The van der Waals surface area contributed by atoms with E-state index in [1.165, 1.54) is 21.4 Å². The Morgan fingerprint density at radius 3 is 2.74 bits per heavy atom. The van der Waals surface area contributed by atoms with Crippen molar-refractivity contribution in [1.29, 1.82) is 0 Å². The molecular weight excluding hydrogens is 388 g/mol. The van der Waals surface area contributed by atoms with Gasteiger partial charge in [0.2, 0.25) is 5.91 Å². The van der Waals surface area contributed by atoms with Gasteiger partial charge < -0.3 is 9.88 Å². The number of halogens is 1. The number of aromatic nitrogens is 2. The molecule has 1 aliphatic rings. The maximum atomic E-state index is 12.7. The molecule has 0 aliphatic carbocycles. The van der Waals surface area contributed by atoms with Gasteiger partial charge in [-0.2, -0.15) is 4.31 Å². The van der Waals surface area contributed by atoms with Gasteiger partial charge in [0, 0.05) is 30.0 Å². The highest BCUT2D eigenvalue weighted by atomic mass is 35.5. The third-order valence-electron chi connectivity index (χ3n) is 4.76. The first kappa shape index (κ1) is 19.9. The predicted octanol–water partition coefficient (Wildman–Crippen LogP) is 2.90. The van der Waals surface area contributed by atoms with Gasteiger partial charge in [0.1, 0.15) is 6.54 Å². The highest BCUT2D eigenvalue weighted by Gasteiger charge is 2.29. The van der Waals surface area contributed by atoms with E-state index in [0.717, 1.165) is 18.4 Å². The highest BCUT2D eigenvalue weighted by Crippen LogP contribution is 2.23. The smallest absolute Gasteiger partial charge is 0.262 e. The Balaban J connectivity index is 1.67. The minimum Gasteiger partial charge on any atom is -0.327 e. The second-order valence-electron chi connectivity index (χ2n) is 6.98. The number of carbonyl (C=O) groups excluding carboxylic acids is 1. The average Bonchev–Trinajstić information content (AvgIpc) is 3.08. The molecule has 0 spiro atoms. The van der Waals surface area contributed by atoms with E-state index in [0.29, 0.717) is 29.7 Å². The molecule has 1 aliphatic heterocycles. The van der Waals surface area contributed by atoms with Crippen LogP contribution >= 0.6 is 11.6 Å². The first-order chi connectivity index (χ1) is 12.8. The fraction of sp³-hybridized carbons (Fsp3) is 0.444. The molecule has 1 fully saturated rings. The molecule has 1 N–H and O–H groups in total. The normalized spacial score (nSPS) is 16.4. The van der Waals surface area contributed by atoms with Crippen molar-refractivity contribution in [2.75, 3.05) is 18.4 Å². The van der Waals surface area contributed by atoms with Gasteiger partial charge in [0.15, 0.2) is 5.03 Å². The molecule has 146 valence electrons. The van der Waals surface area contributed by atoms with Crippen LogP contribution in [0.2, 0.25) is 5.02 Å². The van der Waals surface area contributed by atoms with Crippen molar-refractivity contribution >= 4 is 33.2 Å². The summed E-state index contributed by atoms with van der Waals surface area (Å²) in [7, 11) is -3.62. The summed E-state index contributed by atoms with van der Waals surface area (Å²) in [6.45, 7) is 4.97. The third-order valence-corrected chi connectivity index (χ3v) is 6.78. The van der Waals surface area contributed by atoms with Gasteiger partial charge in [-0.3, -0.25) is 4.79 Å². The Bertz CT molecular complexity index is 934. The lowest BCUT2D eigenvalue weighted by Gasteiger charge is -2.28. The van der Waals surface area contributed by atoms with Crippen LogP contribution in [0.5, 0.6) is 0 Å². The van der Waals surface area contributed by atoms with Crippen molar-refractivity contribution < 1.29 is 13.2 Å². The van der Waals surface area contributed by atoms with Crippen molar-refractivity contribution in [2.45, 2.75) is 38.3 Å². The Morgan fingerprint density at radius 1 is 1.33 bits per heavy atom. The minimum absolute atomic E-state index is 0.0243. The topological polar surface area (TPSA) is 84.3 Å². The van der Waals surface area contributed by atoms with Crippen molar-refractivity contribution in [3.05, 3.63) is 41.3 Å². The van der Waals surface area contributed by atoms with E-state index in [4.69, 9.17) is 11.6 Å². The van der Waals surface area contributed by atoms with Crippen LogP contribution in [0.15, 0.2) is 35.7 Å². The number of benzene rings is 1. The first-order valence-corrected chi connectivity index (χ1v) is 10.7. The van der Waals surface area contributed by atoms with Gasteiger partial charge in [0.05, 0.1) is 6.33 Å². The molecule has 0 saturated carbocycles. The Kier molecular flexibility index (Phi) is 5.88. The third kappa shape index (κ3) is 4.69. The molecule has 9 heteroatoms. The summed E-state index contributed by atoms with van der Waals surface area (Å²) in [5.74, 6) is 0.251. The van der Waals surface area contributed by atoms with Crippen molar-refractivity contribution in [3.8, 4) is 0 Å². The van der Waals surface area contributed by atoms with E-state index in [-0.39, 0.29) is 17.5 Å². The molecule has 3 rings (SSSR count). The number of anilines is 1. The number of hydrogen-bond donors (Lipinski definition) is 1. The van der Waals surface area contributed by atoms with E-state index in [2.05, 4.69) is 17.2 Å².